The predicted molar refractivity (Wildman–Crippen MR) is 105 cm³/mol. The lowest BCUT2D eigenvalue weighted by Crippen LogP contribution is -2.56. The molecular formula is C20H32N4O2. The number of nitrogens with two attached hydrogens (primary N) is 1. The summed E-state index contributed by atoms with van der Waals surface area (Å²) in [6.07, 6.45) is 2.45. The highest BCUT2D eigenvalue weighted by atomic mass is 16.2. The number of nitrogens with zero attached hydrogens (tertiary/aromatic N) is 1. The van der Waals surface area contributed by atoms with Crippen LogP contribution < -0.4 is 16.4 Å². The molecule has 4 N–H and O–H groups in total. The molecule has 6 heteroatoms. The maximum absolute atomic E-state index is 12.8. The van der Waals surface area contributed by atoms with E-state index >= 15 is 0 Å². The molecule has 1 saturated heterocycles. The smallest absolute Gasteiger partial charge is 0.321 e. The number of para-hydroxylation sites is 1. The third-order valence-electron chi connectivity index (χ3n) is 4.84. The zero-order valence-corrected chi connectivity index (χ0v) is 16.1. The van der Waals surface area contributed by atoms with Crippen LogP contribution in [-0.2, 0) is 4.79 Å². The van der Waals surface area contributed by atoms with Crippen LogP contribution in [0.3, 0.4) is 0 Å². The van der Waals surface area contributed by atoms with Crippen molar-refractivity contribution >= 4 is 17.6 Å². The van der Waals surface area contributed by atoms with Crippen molar-refractivity contribution in [1.29, 1.82) is 0 Å². The molecule has 2 unspecified atom stereocenters. The van der Waals surface area contributed by atoms with E-state index in [1.165, 1.54) is 0 Å². The van der Waals surface area contributed by atoms with Gasteiger partial charge in [-0.2, -0.15) is 0 Å². The van der Waals surface area contributed by atoms with E-state index in [2.05, 4.69) is 24.5 Å². The van der Waals surface area contributed by atoms with E-state index in [1.807, 2.05) is 37.3 Å². The van der Waals surface area contributed by atoms with Crippen LogP contribution in [0.2, 0.25) is 0 Å². The van der Waals surface area contributed by atoms with Crippen LogP contribution >= 0.6 is 0 Å². The van der Waals surface area contributed by atoms with Gasteiger partial charge in [-0.05, 0) is 44.2 Å². The zero-order valence-electron chi connectivity index (χ0n) is 16.1. The highest BCUT2D eigenvalue weighted by molar-refractivity contribution is 5.90. The van der Waals surface area contributed by atoms with E-state index in [0.29, 0.717) is 25.6 Å². The summed E-state index contributed by atoms with van der Waals surface area (Å²) < 4.78 is 0. The van der Waals surface area contributed by atoms with Gasteiger partial charge in [0.15, 0.2) is 0 Å². The molecule has 2 atom stereocenters. The molecule has 0 radical (unpaired) electrons. The largest absolute Gasteiger partial charge is 0.349 e. The van der Waals surface area contributed by atoms with Gasteiger partial charge in [0, 0.05) is 30.9 Å². The molecule has 0 aromatic heterocycles. The van der Waals surface area contributed by atoms with Crippen molar-refractivity contribution in [3.8, 4) is 0 Å². The molecule has 1 fully saturated rings. The molecular weight excluding hydrogens is 328 g/mol. The number of anilines is 1. The van der Waals surface area contributed by atoms with Crippen LogP contribution in [0.15, 0.2) is 30.3 Å². The minimum absolute atomic E-state index is 0.00388. The van der Waals surface area contributed by atoms with Gasteiger partial charge in [0.1, 0.15) is 0 Å². The number of likely N-dealkylation sites (tertiary alicyclic amines) is 1. The minimum atomic E-state index is -0.403. The second-order valence-corrected chi connectivity index (χ2v) is 7.93. The summed E-state index contributed by atoms with van der Waals surface area (Å²) in [6.45, 7) is 7.75. The monoisotopic (exact) mass is 360 g/mol. The van der Waals surface area contributed by atoms with Crippen molar-refractivity contribution in [2.75, 3.05) is 25.0 Å². The normalized spacial score (nSPS) is 19.7. The molecule has 1 heterocycles. The molecule has 0 bridgehead atoms. The molecule has 3 amide bonds. The SMILES string of the molecule is CC(C)CC(C)(CN)NC(=O)C1CCCN(C(=O)Nc2ccccc2)C1. The van der Waals surface area contributed by atoms with Crippen molar-refractivity contribution in [2.45, 2.75) is 45.6 Å². The molecule has 0 aliphatic carbocycles. The fourth-order valence-corrected chi connectivity index (χ4v) is 3.59. The molecule has 1 aromatic rings. The summed E-state index contributed by atoms with van der Waals surface area (Å²) in [6, 6.07) is 9.21. The van der Waals surface area contributed by atoms with Crippen molar-refractivity contribution in [1.82, 2.24) is 10.2 Å². The van der Waals surface area contributed by atoms with Crippen LogP contribution in [0.4, 0.5) is 10.5 Å². The lowest BCUT2D eigenvalue weighted by molar-refractivity contribution is -0.128. The molecule has 0 saturated carbocycles. The van der Waals surface area contributed by atoms with Gasteiger partial charge in [-0.25, -0.2) is 4.79 Å². The van der Waals surface area contributed by atoms with Gasteiger partial charge >= 0.3 is 6.03 Å². The number of rotatable bonds is 6. The fourth-order valence-electron chi connectivity index (χ4n) is 3.59. The van der Waals surface area contributed by atoms with Gasteiger partial charge in [0.2, 0.25) is 5.91 Å². The maximum atomic E-state index is 12.8. The Balaban J connectivity index is 1.94. The Kier molecular flexibility index (Phi) is 7.03. The molecule has 0 spiro atoms. The van der Waals surface area contributed by atoms with Crippen molar-refractivity contribution < 1.29 is 9.59 Å². The van der Waals surface area contributed by atoms with E-state index in [9.17, 15) is 9.59 Å². The fraction of sp³-hybridized carbons (Fsp3) is 0.600. The summed E-state index contributed by atoms with van der Waals surface area (Å²) in [5.41, 5.74) is 6.26. The first-order valence-corrected chi connectivity index (χ1v) is 9.46. The molecule has 26 heavy (non-hydrogen) atoms. The molecule has 6 nitrogen and oxygen atoms in total. The highest BCUT2D eigenvalue weighted by Gasteiger charge is 2.33. The van der Waals surface area contributed by atoms with Crippen LogP contribution in [0.25, 0.3) is 0 Å². The lowest BCUT2D eigenvalue weighted by atomic mass is 9.89. The minimum Gasteiger partial charge on any atom is -0.349 e. The predicted octanol–water partition coefficient (Wildman–Crippen LogP) is 2.81. The number of benzene rings is 1. The van der Waals surface area contributed by atoms with Crippen molar-refractivity contribution in [2.24, 2.45) is 17.6 Å². The average Bonchev–Trinajstić information content (AvgIpc) is 2.62. The van der Waals surface area contributed by atoms with Gasteiger partial charge in [-0.3, -0.25) is 4.79 Å². The quantitative estimate of drug-likeness (QED) is 0.729. The summed E-state index contributed by atoms with van der Waals surface area (Å²) in [5.74, 6) is 0.252. The van der Waals surface area contributed by atoms with E-state index in [-0.39, 0.29) is 17.9 Å². The number of hydrogen-bond acceptors (Lipinski definition) is 3. The first kappa shape index (κ1) is 20.2. The summed E-state index contributed by atoms with van der Waals surface area (Å²) in [5, 5.41) is 6.02. The second-order valence-electron chi connectivity index (χ2n) is 7.93. The third-order valence-corrected chi connectivity index (χ3v) is 4.84. The number of hydrogen-bond donors (Lipinski definition) is 3. The Morgan fingerprint density at radius 1 is 1.31 bits per heavy atom. The van der Waals surface area contributed by atoms with E-state index < -0.39 is 5.54 Å². The number of amides is 3. The van der Waals surface area contributed by atoms with Crippen LogP contribution in [0.5, 0.6) is 0 Å². The van der Waals surface area contributed by atoms with Crippen molar-refractivity contribution in [3.05, 3.63) is 30.3 Å². The molecule has 1 aliphatic heterocycles. The molecule has 1 aliphatic rings. The lowest BCUT2D eigenvalue weighted by Gasteiger charge is -2.36. The first-order valence-electron chi connectivity index (χ1n) is 9.46. The highest BCUT2D eigenvalue weighted by Crippen LogP contribution is 2.21. The van der Waals surface area contributed by atoms with Gasteiger partial charge in [-0.1, -0.05) is 32.0 Å². The van der Waals surface area contributed by atoms with Gasteiger partial charge < -0.3 is 21.3 Å². The number of urea groups is 1. The van der Waals surface area contributed by atoms with Gasteiger partial charge in [0.05, 0.1) is 5.92 Å². The maximum Gasteiger partial charge on any atom is 0.321 e. The molecule has 144 valence electrons. The van der Waals surface area contributed by atoms with Crippen molar-refractivity contribution in [3.63, 3.8) is 0 Å². The third kappa shape index (κ3) is 5.73. The Bertz CT molecular complexity index is 605. The summed E-state index contributed by atoms with van der Waals surface area (Å²) >= 11 is 0. The van der Waals surface area contributed by atoms with Crippen LogP contribution in [0.1, 0.15) is 40.0 Å². The number of piperidine rings is 1. The Hall–Kier alpha value is -2.08. The average molecular weight is 361 g/mol. The van der Waals surface area contributed by atoms with Gasteiger partial charge in [0.25, 0.3) is 0 Å². The Labute approximate surface area is 156 Å². The van der Waals surface area contributed by atoms with E-state index in [1.54, 1.807) is 4.90 Å². The number of carbonyl (C=O) groups excluding carboxylic acids is 2. The van der Waals surface area contributed by atoms with E-state index in [0.717, 1.165) is 24.9 Å². The zero-order chi connectivity index (χ0) is 19.2. The van der Waals surface area contributed by atoms with Crippen LogP contribution in [0, 0.1) is 11.8 Å². The van der Waals surface area contributed by atoms with Gasteiger partial charge in [-0.15, -0.1) is 0 Å². The Morgan fingerprint density at radius 2 is 2.00 bits per heavy atom. The molecule has 2 rings (SSSR count). The van der Waals surface area contributed by atoms with E-state index in [4.69, 9.17) is 5.73 Å². The molecule has 1 aromatic carbocycles. The standard InChI is InChI=1S/C20H32N4O2/c1-15(2)12-20(3,14-21)23-18(25)16-8-7-11-24(13-16)19(26)22-17-9-5-4-6-10-17/h4-6,9-10,15-16H,7-8,11-14,21H2,1-3H3,(H,22,26)(H,23,25). The topological polar surface area (TPSA) is 87.5 Å². The number of carbonyl (C=O) groups is 2. The van der Waals surface area contributed by atoms with Crippen LogP contribution in [-0.4, -0.2) is 42.0 Å². The number of nitrogens with one attached hydrogen (secondary N) is 2. The second kappa shape index (κ2) is 9.03. The summed E-state index contributed by atoms with van der Waals surface area (Å²) in [7, 11) is 0. The summed E-state index contributed by atoms with van der Waals surface area (Å²) in [4.78, 5) is 27.0. The first-order chi connectivity index (χ1) is 12.3. The Morgan fingerprint density at radius 3 is 2.62 bits per heavy atom.